The van der Waals surface area contributed by atoms with Gasteiger partial charge in [0.1, 0.15) is 31.1 Å². The minimum absolute atomic E-state index is 0.0696. The van der Waals surface area contributed by atoms with Crippen molar-refractivity contribution in [2.45, 2.75) is 53.1 Å². The summed E-state index contributed by atoms with van der Waals surface area (Å²) in [7, 11) is 0. The van der Waals surface area contributed by atoms with Crippen LogP contribution in [0.4, 0.5) is 0 Å². The summed E-state index contributed by atoms with van der Waals surface area (Å²) in [5.74, 6) is 0.778. The average molecular weight is 459 g/mol. The van der Waals surface area contributed by atoms with E-state index in [0.717, 1.165) is 28.0 Å². The van der Waals surface area contributed by atoms with E-state index in [2.05, 4.69) is 62.2 Å². The van der Waals surface area contributed by atoms with Gasteiger partial charge in [-0.3, -0.25) is 0 Å². The lowest BCUT2D eigenvalue weighted by Gasteiger charge is -2.19. The number of benzene rings is 2. The van der Waals surface area contributed by atoms with Gasteiger partial charge in [0.05, 0.1) is 12.2 Å². The Morgan fingerprint density at radius 2 is 1.85 bits per heavy atom. The van der Waals surface area contributed by atoms with Gasteiger partial charge in [-0.1, -0.05) is 18.2 Å². The van der Waals surface area contributed by atoms with E-state index in [1.165, 1.54) is 17.3 Å². The topological polar surface area (TPSA) is 73.6 Å². The van der Waals surface area contributed by atoms with Crippen LogP contribution >= 0.6 is 0 Å². The van der Waals surface area contributed by atoms with Gasteiger partial charge >= 0.3 is 0 Å². The van der Waals surface area contributed by atoms with Gasteiger partial charge in [-0.2, -0.15) is 5.26 Å². The first-order valence-corrected chi connectivity index (χ1v) is 11.4. The van der Waals surface area contributed by atoms with E-state index >= 15 is 0 Å². The molecule has 6 heteroatoms. The first kappa shape index (κ1) is 23.7. The molecule has 2 heterocycles. The number of rotatable bonds is 7. The van der Waals surface area contributed by atoms with Crippen molar-refractivity contribution in [3.63, 3.8) is 0 Å². The maximum absolute atomic E-state index is 8.92. The summed E-state index contributed by atoms with van der Waals surface area (Å²) >= 11 is 0. The van der Waals surface area contributed by atoms with Crippen molar-refractivity contribution < 1.29 is 18.9 Å². The van der Waals surface area contributed by atoms with Crippen LogP contribution in [-0.4, -0.2) is 30.1 Å². The van der Waals surface area contributed by atoms with Crippen molar-refractivity contribution in [1.29, 1.82) is 5.26 Å². The number of nitrogens with zero attached hydrogens (tertiary/aromatic N) is 2. The SMILES string of the molecule is Cc1cc(OC[C@@H]2COC(C)(C)O2)cc(C)c1-c1cccc(COc2ccc(C#N)cn2)c1C. The average Bonchev–Trinajstić information content (AvgIpc) is 3.16. The number of aromatic nitrogens is 1. The Bertz CT molecular complexity index is 1190. The lowest BCUT2D eigenvalue weighted by molar-refractivity contribution is -0.141. The quantitative estimate of drug-likeness (QED) is 0.455. The Morgan fingerprint density at radius 3 is 2.47 bits per heavy atom. The van der Waals surface area contributed by atoms with Gasteiger partial charge in [0, 0.05) is 12.3 Å². The molecule has 176 valence electrons. The number of aryl methyl sites for hydroxylation is 2. The first-order valence-electron chi connectivity index (χ1n) is 11.4. The van der Waals surface area contributed by atoms with Crippen molar-refractivity contribution in [3.8, 4) is 28.8 Å². The third-order valence-corrected chi connectivity index (χ3v) is 5.97. The molecule has 1 aliphatic heterocycles. The second kappa shape index (κ2) is 9.84. The zero-order valence-electron chi connectivity index (χ0n) is 20.3. The molecule has 1 atom stereocenters. The molecule has 4 rings (SSSR count). The molecule has 0 saturated carbocycles. The van der Waals surface area contributed by atoms with Gasteiger partial charge in [0.25, 0.3) is 0 Å². The molecule has 3 aromatic rings. The number of hydrogen-bond acceptors (Lipinski definition) is 6. The van der Waals surface area contributed by atoms with E-state index in [0.29, 0.717) is 31.3 Å². The Balaban J connectivity index is 1.49. The summed E-state index contributed by atoms with van der Waals surface area (Å²) in [5.41, 5.74) is 7.42. The Labute approximate surface area is 201 Å². The summed E-state index contributed by atoms with van der Waals surface area (Å²) in [6.07, 6.45) is 1.45. The molecule has 0 amide bonds. The molecule has 1 fully saturated rings. The molecule has 0 aliphatic carbocycles. The predicted molar refractivity (Wildman–Crippen MR) is 130 cm³/mol. The minimum Gasteiger partial charge on any atom is -0.491 e. The number of hydrogen-bond donors (Lipinski definition) is 0. The van der Waals surface area contributed by atoms with Gasteiger partial charge in [-0.05, 0) is 86.2 Å². The fourth-order valence-corrected chi connectivity index (χ4v) is 4.26. The highest BCUT2D eigenvalue weighted by Crippen LogP contribution is 2.34. The van der Waals surface area contributed by atoms with Crippen molar-refractivity contribution >= 4 is 0 Å². The zero-order valence-corrected chi connectivity index (χ0v) is 20.3. The van der Waals surface area contributed by atoms with Gasteiger partial charge in [0.2, 0.25) is 5.88 Å². The largest absolute Gasteiger partial charge is 0.491 e. The van der Waals surface area contributed by atoms with Crippen LogP contribution < -0.4 is 9.47 Å². The van der Waals surface area contributed by atoms with Crippen LogP contribution in [0.25, 0.3) is 11.1 Å². The van der Waals surface area contributed by atoms with Crippen molar-refractivity contribution in [1.82, 2.24) is 4.98 Å². The van der Waals surface area contributed by atoms with Crippen molar-refractivity contribution in [3.05, 3.63) is 76.5 Å². The fraction of sp³-hybridized carbons (Fsp3) is 0.357. The molecule has 34 heavy (non-hydrogen) atoms. The summed E-state index contributed by atoms with van der Waals surface area (Å²) < 4.78 is 23.4. The summed E-state index contributed by atoms with van der Waals surface area (Å²) in [5, 5.41) is 8.92. The maximum Gasteiger partial charge on any atom is 0.213 e. The highest BCUT2D eigenvalue weighted by Gasteiger charge is 2.33. The van der Waals surface area contributed by atoms with Crippen molar-refractivity contribution in [2.24, 2.45) is 0 Å². The molecule has 0 unspecified atom stereocenters. The van der Waals surface area contributed by atoms with Crippen molar-refractivity contribution in [2.75, 3.05) is 13.2 Å². The molecular formula is C28H30N2O4. The normalized spacial score (nSPS) is 16.8. The molecule has 0 bridgehead atoms. The van der Waals surface area contributed by atoms with Gasteiger partial charge < -0.3 is 18.9 Å². The monoisotopic (exact) mass is 458 g/mol. The van der Waals surface area contributed by atoms with E-state index in [9.17, 15) is 0 Å². The zero-order chi connectivity index (χ0) is 24.3. The Kier molecular flexibility index (Phi) is 6.87. The third kappa shape index (κ3) is 5.39. The van der Waals surface area contributed by atoms with Gasteiger partial charge in [-0.15, -0.1) is 0 Å². The van der Waals surface area contributed by atoms with Crippen LogP contribution in [0.2, 0.25) is 0 Å². The molecule has 0 radical (unpaired) electrons. The van der Waals surface area contributed by atoms with E-state index < -0.39 is 5.79 Å². The highest BCUT2D eigenvalue weighted by atomic mass is 16.7. The lowest BCUT2D eigenvalue weighted by atomic mass is 9.90. The maximum atomic E-state index is 8.92. The van der Waals surface area contributed by atoms with Gasteiger partial charge in [-0.25, -0.2) is 4.98 Å². The highest BCUT2D eigenvalue weighted by molar-refractivity contribution is 5.75. The summed E-state index contributed by atoms with van der Waals surface area (Å²) in [4.78, 5) is 4.19. The van der Waals surface area contributed by atoms with E-state index in [4.69, 9.17) is 24.2 Å². The Morgan fingerprint density at radius 1 is 1.09 bits per heavy atom. The lowest BCUT2D eigenvalue weighted by Crippen LogP contribution is -2.25. The molecule has 0 N–H and O–H groups in total. The Hall–Kier alpha value is -3.40. The van der Waals surface area contributed by atoms with E-state index in [-0.39, 0.29) is 6.10 Å². The molecule has 0 spiro atoms. The van der Waals surface area contributed by atoms with Crippen LogP contribution in [0.3, 0.4) is 0 Å². The van der Waals surface area contributed by atoms with Crippen LogP contribution in [0, 0.1) is 32.1 Å². The molecular weight excluding hydrogens is 428 g/mol. The molecule has 1 aliphatic rings. The second-order valence-electron chi connectivity index (χ2n) is 9.07. The summed E-state index contributed by atoms with van der Waals surface area (Å²) in [6, 6.07) is 15.9. The number of nitriles is 1. The standard InChI is InChI=1S/C28H30N2O4/c1-18-11-23(31-16-24-17-33-28(4,5)34-24)12-19(2)27(18)25-8-6-7-22(20(25)3)15-32-26-10-9-21(13-29)14-30-26/h6-12,14,24H,15-17H2,1-5H3/t24-/m1/s1. The molecule has 1 aromatic heterocycles. The first-order chi connectivity index (χ1) is 16.3. The second-order valence-corrected chi connectivity index (χ2v) is 9.07. The van der Waals surface area contributed by atoms with E-state index in [1.54, 1.807) is 12.1 Å². The number of ether oxygens (including phenoxy) is 4. The number of pyridine rings is 1. The van der Waals surface area contributed by atoms with E-state index in [1.807, 2.05) is 13.8 Å². The van der Waals surface area contributed by atoms with Crippen LogP contribution in [0.5, 0.6) is 11.6 Å². The minimum atomic E-state index is -0.549. The van der Waals surface area contributed by atoms with Crippen LogP contribution in [-0.2, 0) is 16.1 Å². The van der Waals surface area contributed by atoms with Gasteiger partial charge in [0.15, 0.2) is 5.79 Å². The third-order valence-electron chi connectivity index (χ3n) is 5.97. The predicted octanol–water partition coefficient (Wildman–Crippen LogP) is 5.65. The molecule has 2 aromatic carbocycles. The molecule has 6 nitrogen and oxygen atoms in total. The summed E-state index contributed by atoms with van der Waals surface area (Å²) in [6.45, 7) is 11.6. The van der Waals surface area contributed by atoms with Crippen LogP contribution in [0.15, 0.2) is 48.7 Å². The van der Waals surface area contributed by atoms with Crippen LogP contribution in [0.1, 0.15) is 41.7 Å². The molecule has 1 saturated heterocycles. The smallest absolute Gasteiger partial charge is 0.213 e. The fourth-order valence-electron chi connectivity index (χ4n) is 4.26.